The molecule has 2 heterocycles. The Morgan fingerprint density at radius 1 is 1.06 bits per heavy atom. The van der Waals surface area contributed by atoms with Crippen LogP contribution in [0.4, 0.5) is 0 Å². The van der Waals surface area contributed by atoms with Gasteiger partial charge in [0.1, 0.15) is 6.04 Å². The maximum atomic E-state index is 11.6. The second-order valence-electron chi connectivity index (χ2n) is 6.07. The van der Waals surface area contributed by atoms with Crippen LogP contribution in [0.2, 0.25) is 0 Å². The first kappa shape index (κ1) is 11.5. The van der Waals surface area contributed by atoms with E-state index in [9.17, 15) is 4.79 Å². The molecule has 96 valence electrons. The molecule has 0 N–H and O–H groups in total. The van der Waals surface area contributed by atoms with E-state index in [2.05, 4.69) is 4.90 Å². The molecular weight excluding hydrogens is 214 g/mol. The molecule has 3 fully saturated rings. The van der Waals surface area contributed by atoms with Crippen molar-refractivity contribution >= 4 is 5.97 Å². The summed E-state index contributed by atoms with van der Waals surface area (Å²) in [6.07, 6.45) is 10.6. The Balaban J connectivity index is 1.58. The van der Waals surface area contributed by atoms with Crippen molar-refractivity contribution in [1.29, 1.82) is 0 Å². The van der Waals surface area contributed by atoms with E-state index in [-0.39, 0.29) is 12.0 Å². The Hall–Kier alpha value is -0.570. The van der Waals surface area contributed by atoms with Gasteiger partial charge < -0.3 is 4.74 Å². The second kappa shape index (κ2) is 4.60. The van der Waals surface area contributed by atoms with Crippen LogP contribution in [-0.4, -0.2) is 36.6 Å². The highest BCUT2D eigenvalue weighted by Crippen LogP contribution is 2.45. The molecule has 1 saturated carbocycles. The van der Waals surface area contributed by atoms with Crippen molar-refractivity contribution in [2.75, 3.05) is 19.7 Å². The van der Waals surface area contributed by atoms with E-state index in [0.717, 1.165) is 19.5 Å². The lowest BCUT2D eigenvalue weighted by Crippen LogP contribution is -2.47. The fourth-order valence-corrected chi connectivity index (χ4v) is 3.93. The molecule has 1 aliphatic carbocycles. The van der Waals surface area contributed by atoms with Gasteiger partial charge in [-0.1, -0.05) is 19.3 Å². The molecule has 0 aromatic rings. The lowest BCUT2D eigenvalue weighted by molar-refractivity contribution is -0.143. The van der Waals surface area contributed by atoms with Gasteiger partial charge in [0.05, 0.1) is 6.61 Å². The number of rotatable bonds is 1. The average Bonchev–Trinajstić information content (AvgIpc) is 2.78. The van der Waals surface area contributed by atoms with Crippen LogP contribution in [0.5, 0.6) is 0 Å². The number of likely N-dealkylation sites (tertiary alicyclic amines) is 1. The number of cyclic esters (lactones) is 1. The highest BCUT2D eigenvalue weighted by Gasteiger charge is 2.40. The maximum Gasteiger partial charge on any atom is 0.323 e. The smallest absolute Gasteiger partial charge is 0.323 e. The molecule has 1 atom stereocenters. The first-order valence-corrected chi connectivity index (χ1v) is 7.20. The van der Waals surface area contributed by atoms with Gasteiger partial charge in [0, 0.05) is 6.42 Å². The van der Waals surface area contributed by atoms with Crippen molar-refractivity contribution in [1.82, 2.24) is 4.90 Å². The monoisotopic (exact) mass is 237 g/mol. The third-order valence-electron chi connectivity index (χ3n) is 5.12. The van der Waals surface area contributed by atoms with Crippen LogP contribution in [0, 0.1) is 5.41 Å². The van der Waals surface area contributed by atoms with Gasteiger partial charge >= 0.3 is 5.97 Å². The summed E-state index contributed by atoms with van der Waals surface area (Å²) < 4.78 is 5.08. The molecule has 3 rings (SSSR count). The zero-order chi connectivity index (χ0) is 11.7. The van der Waals surface area contributed by atoms with Gasteiger partial charge in [0.25, 0.3) is 0 Å². The minimum absolute atomic E-state index is 0.0181. The highest BCUT2D eigenvalue weighted by molar-refractivity contribution is 5.77. The number of piperidine rings is 1. The maximum absolute atomic E-state index is 11.6. The molecular formula is C14H23NO2. The fourth-order valence-electron chi connectivity index (χ4n) is 3.93. The van der Waals surface area contributed by atoms with Gasteiger partial charge in [-0.25, -0.2) is 0 Å². The second-order valence-corrected chi connectivity index (χ2v) is 6.07. The number of nitrogens with zero attached hydrogens (tertiary/aromatic N) is 1. The number of esters is 1. The summed E-state index contributed by atoms with van der Waals surface area (Å²) in [7, 11) is 0. The average molecular weight is 237 g/mol. The summed E-state index contributed by atoms with van der Waals surface area (Å²) in [5, 5.41) is 0. The normalized spacial score (nSPS) is 33.9. The third-order valence-corrected chi connectivity index (χ3v) is 5.12. The lowest BCUT2D eigenvalue weighted by Gasteiger charge is -2.45. The van der Waals surface area contributed by atoms with Crippen molar-refractivity contribution < 1.29 is 9.53 Å². The summed E-state index contributed by atoms with van der Waals surface area (Å²) >= 11 is 0. The van der Waals surface area contributed by atoms with Crippen LogP contribution in [0.1, 0.15) is 51.4 Å². The van der Waals surface area contributed by atoms with Gasteiger partial charge in [-0.3, -0.25) is 9.69 Å². The van der Waals surface area contributed by atoms with Crippen molar-refractivity contribution in [2.24, 2.45) is 5.41 Å². The van der Waals surface area contributed by atoms with Crippen molar-refractivity contribution in [2.45, 2.75) is 57.4 Å². The number of hydrogen-bond acceptors (Lipinski definition) is 3. The van der Waals surface area contributed by atoms with E-state index in [0.29, 0.717) is 12.0 Å². The standard InChI is InChI=1S/C14H23NO2/c16-13-12(4-11-17-13)15-9-7-14(8-10-15)5-2-1-3-6-14/h12H,1-11H2/t12-/m1/s1. The van der Waals surface area contributed by atoms with Crippen LogP contribution in [0.3, 0.4) is 0 Å². The Morgan fingerprint density at radius 2 is 1.76 bits per heavy atom. The highest BCUT2D eigenvalue weighted by atomic mass is 16.5. The SMILES string of the molecule is O=C1OCC[C@H]1N1CCC2(CCCCC2)CC1. The predicted molar refractivity (Wildman–Crippen MR) is 65.7 cm³/mol. The largest absolute Gasteiger partial charge is 0.464 e. The predicted octanol–water partition coefficient (Wildman–Crippen LogP) is 2.35. The molecule has 0 aromatic heterocycles. The summed E-state index contributed by atoms with van der Waals surface area (Å²) in [6.45, 7) is 2.85. The molecule has 3 heteroatoms. The van der Waals surface area contributed by atoms with E-state index in [4.69, 9.17) is 4.74 Å². The van der Waals surface area contributed by atoms with Gasteiger partial charge in [-0.15, -0.1) is 0 Å². The molecule has 3 aliphatic rings. The molecule has 0 aromatic carbocycles. The zero-order valence-corrected chi connectivity index (χ0v) is 10.6. The topological polar surface area (TPSA) is 29.5 Å². The molecule has 0 bridgehead atoms. The summed E-state index contributed by atoms with van der Waals surface area (Å²) in [6, 6.07) is 0.0796. The molecule has 17 heavy (non-hydrogen) atoms. The van der Waals surface area contributed by atoms with E-state index in [1.807, 2.05) is 0 Å². The quantitative estimate of drug-likeness (QED) is 0.656. The number of ether oxygens (including phenoxy) is 1. The van der Waals surface area contributed by atoms with E-state index >= 15 is 0 Å². The summed E-state index contributed by atoms with van der Waals surface area (Å²) in [5.74, 6) is 0.0181. The molecule has 2 aliphatic heterocycles. The Labute approximate surface area is 104 Å². The van der Waals surface area contributed by atoms with Crippen LogP contribution >= 0.6 is 0 Å². The number of carbonyl (C=O) groups excluding carboxylic acids is 1. The van der Waals surface area contributed by atoms with E-state index < -0.39 is 0 Å². The van der Waals surface area contributed by atoms with Crippen molar-refractivity contribution in [3.63, 3.8) is 0 Å². The first-order valence-electron chi connectivity index (χ1n) is 7.20. The van der Waals surface area contributed by atoms with Crippen LogP contribution < -0.4 is 0 Å². The molecule has 2 saturated heterocycles. The Bertz CT molecular complexity index is 287. The third kappa shape index (κ3) is 2.22. The summed E-state index contributed by atoms with van der Waals surface area (Å²) in [5.41, 5.74) is 0.636. The fraction of sp³-hybridized carbons (Fsp3) is 0.929. The zero-order valence-electron chi connectivity index (χ0n) is 10.6. The lowest BCUT2D eigenvalue weighted by atomic mass is 9.68. The Kier molecular flexibility index (Phi) is 3.12. The Morgan fingerprint density at radius 3 is 2.35 bits per heavy atom. The van der Waals surface area contributed by atoms with Gasteiger partial charge in [0.2, 0.25) is 0 Å². The molecule has 3 nitrogen and oxygen atoms in total. The van der Waals surface area contributed by atoms with Crippen LogP contribution in [0.25, 0.3) is 0 Å². The number of hydrogen-bond donors (Lipinski definition) is 0. The van der Waals surface area contributed by atoms with Crippen LogP contribution in [-0.2, 0) is 9.53 Å². The molecule has 0 radical (unpaired) electrons. The van der Waals surface area contributed by atoms with Crippen LogP contribution in [0.15, 0.2) is 0 Å². The van der Waals surface area contributed by atoms with Gasteiger partial charge in [-0.05, 0) is 44.2 Å². The molecule has 0 unspecified atom stereocenters. The first-order chi connectivity index (χ1) is 8.29. The van der Waals surface area contributed by atoms with Gasteiger partial charge in [-0.2, -0.15) is 0 Å². The minimum atomic E-state index is 0.0181. The number of carbonyl (C=O) groups is 1. The van der Waals surface area contributed by atoms with Crippen molar-refractivity contribution in [3.05, 3.63) is 0 Å². The van der Waals surface area contributed by atoms with Crippen molar-refractivity contribution in [3.8, 4) is 0 Å². The molecule has 0 amide bonds. The minimum Gasteiger partial charge on any atom is -0.464 e. The van der Waals surface area contributed by atoms with E-state index in [1.54, 1.807) is 0 Å². The molecule has 1 spiro atoms. The summed E-state index contributed by atoms with van der Waals surface area (Å²) in [4.78, 5) is 13.9. The van der Waals surface area contributed by atoms with E-state index in [1.165, 1.54) is 44.9 Å². The van der Waals surface area contributed by atoms with Gasteiger partial charge in [0.15, 0.2) is 0 Å².